The smallest absolute Gasteiger partial charge is 0.318 e. The van der Waals surface area contributed by atoms with Crippen LogP contribution in [-0.2, 0) is 0 Å². The molecule has 0 unspecified atom stereocenters. The Bertz CT molecular complexity index is 485. The zero-order valence-corrected chi connectivity index (χ0v) is 11.6. The molecule has 0 spiro atoms. The first kappa shape index (κ1) is 13.4. The summed E-state index contributed by atoms with van der Waals surface area (Å²) in [7, 11) is 0. The van der Waals surface area contributed by atoms with Crippen LogP contribution in [0.5, 0.6) is 0 Å². The van der Waals surface area contributed by atoms with Crippen molar-refractivity contribution in [1.29, 1.82) is 0 Å². The minimum Gasteiger partial charge on any atom is -0.335 e. The molecule has 3 rings (SSSR count). The van der Waals surface area contributed by atoms with E-state index in [0.29, 0.717) is 6.04 Å². The second kappa shape index (κ2) is 5.81. The van der Waals surface area contributed by atoms with Gasteiger partial charge in [-0.2, -0.15) is 0 Å². The van der Waals surface area contributed by atoms with Crippen LogP contribution in [-0.4, -0.2) is 23.5 Å². The van der Waals surface area contributed by atoms with Gasteiger partial charge in [0.2, 0.25) is 0 Å². The van der Waals surface area contributed by atoms with Crippen molar-refractivity contribution >= 4 is 6.03 Å². The molecular weight excluding hydrogens is 255 g/mol. The number of likely N-dealkylation sites (tertiary alicyclic amines) is 1. The standard InChI is InChI=1S/C16H21FN2O/c17-13-6-3-5-12(11-13)15-9-4-10-19(15)16(20)18-14-7-1-2-8-14/h3,5-6,11,14-15H,1-2,4,7-10H2,(H,18,20)/t15-/m0/s1. The van der Waals surface area contributed by atoms with Crippen molar-refractivity contribution < 1.29 is 9.18 Å². The summed E-state index contributed by atoms with van der Waals surface area (Å²) >= 11 is 0. The molecule has 2 aliphatic rings. The van der Waals surface area contributed by atoms with E-state index in [2.05, 4.69) is 5.32 Å². The molecular formula is C16H21FN2O. The quantitative estimate of drug-likeness (QED) is 0.879. The third-order valence-electron chi connectivity index (χ3n) is 4.43. The monoisotopic (exact) mass is 276 g/mol. The summed E-state index contributed by atoms with van der Waals surface area (Å²) in [5.74, 6) is -0.231. The van der Waals surface area contributed by atoms with E-state index >= 15 is 0 Å². The van der Waals surface area contributed by atoms with E-state index in [1.54, 1.807) is 12.1 Å². The van der Waals surface area contributed by atoms with Gasteiger partial charge in [0.25, 0.3) is 0 Å². The first-order valence-corrected chi connectivity index (χ1v) is 7.56. The Kier molecular flexibility index (Phi) is 3.90. The lowest BCUT2D eigenvalue weighted by atomic mass is 10.0. The molecule has 1 saturated carbocycles. The molecule has 1 saturated heterocycles. The Hall–Kier alpha value is -1.58. The van der Waals surface area contributed by atoms with Crippen LogP contribution < -0.4 is 5.32 Å². The van der Waals surface area contributed by atoms with Crippen LogP contribution >= 0.6 is 0 Å². The summed E-state index contributed by atoms with van der Waals surface area (Å²) in [4.78, 5) is 14.3. The van der Waals surface area contributed by atoms with Crippen LogP contribution in [0.25, 0.3) is 0 Å². The maximum atomic E-state index is 13.4. The van der Waals surface area contributed by atoms with E-state index in [-0.39, 0.29) is 17.9 Å². The number of carbonyl (C=O) groups is 1. The molecule has 0 aromatic heterocycles. The highest BCUT2D eigenvalue weighted by Gasteiger charge is 2.31. The minimum absolute atomic E-state index is 0.0173. The first-order valence-electron chi connectivity index (χ1n) is 7.56. The number of urea groups is 1. The molecule has 1 atom stereocenters. The lowest BCUT2D eigenvalue weighted by Gasteiger charge is -2.27. The molecule has 2 amide bonds. The Morgan fingerprint density at radius 2 is 2.00 bits per heavy atom. The van der Waals surface area contributed by atoms with E-state index in [0.717, 1.165) is 37.8 Å². The summed E-state index contributed by atoms with van der Waals surface area (Å²) < 4.78 is 13.4. The fourth-order valence-electron chi connectivity index (χ4n) is 3.40. The second-order valence-corrected chi connectivity index (χ2v) is 5.84. The van der Waals surface area contributed by atoms with Gasteiger partial charge in [-0.3, -0.25) is 0 Å². The van der Waals surface area contributed by atoms with Crippen molar-refractivity contribution in [2.75, 3.05) is 6.54 Å². The highest BCUT2D eigenvalue weighted by Crippen LogP contribution is 2.32. The zero-order chi connectivity index (χ0) is 13.9. The number of hydrogen-bond donors (Lipinski definition) is 1. The van der Waals surface area contributed by atoms with Crippen LogP contribution in [0.1, 0.15) is 50.1 Å². The van der Waals surface area contributed by atoms with E-state index < -0.39 is 0 Å². The maximum absolute atomic E-state index is 13.4. The molecule has 0 bridgehead atoms. The average molecular weight is 276 g/mol. The molecule has 3 nitrogen and oxygen atoms in total. The normalized spacial score (nSPS) is 23.2. The van der Waals surface area contributed by atoms with Crippen molar-refractivity contribution in [3.8, 4) is 0 Å². The number of hydrogen-bond acceptors (Lipinski definition) is 1. The summed E-state index contributed by atoms with van der Waals surface area (Å²) in [5, 5.41) is 3.13. The van der Waals surface area contributed by atoms with Gasteiger partial charge in [0, 0.05) is 12.6 Å². The Balaban J connectivity index is 1.70. The molecule has 20 heavy (non-hydrogen) atoms. The fourth-order valence-corrected chi connectivity index (χ4v) is 3.40. The predicted molar refractivity (Wildman–Crippen MR) is 75.9 cm³/mol. The van der Waals surface area contributed by atoms with E-state index in [9.17, 15) is 9.18 Å². The van der Waals surface area contributed by atoms with Crippen LogP contribution in [0.3, 0.4) is 0 Å². The van der Waals surface area contributed by atoms with Gasteiger partial charge in [-0.05, 0) is 43.4 Å². The molecule has 0 radical (unpaired) electrons. The minimum atomic E-state index is -0.231. The molecule has 1 heterocycles. The molecule has 108 valence electrons. The predicted octanol–water partition coefficient (Wildman–Crippen LogP) is 3.61. The van der Waals surface area contributed by atoms with Gasteiger partial charge in [-0.25, -0.2) is 9.18 Å². The van der Waals surface area contributed by atoms with Gasteiger partial charge < -0.3 is 10.2 Å². The summed E-state index contributed by atoms with van der Waals surface area (Å²) in [6.07, 6.45) is 6.49. The second-order valence-electron chi connectivity index (χ2n) is 5.84. The van der Waals surface area contributed by atoms with Gasteiger partial charge in [-0.1, -0.05) is 25.0 Å². The number of rotatable bonds is 2. The molecule has 2 fully saturated rings. The number of amides is 2. The highest BCUT2D eigenvalue weighted by atomic mass is 19.1. The number of nitrogens with one attached hydrogen (secondary N) is 1. The van der Waals surface area contributed by atoms with Gasteiger partial charge >= 0.3 is 6.03 Å². The van der Waals surface area contributed by atoms with Gasteiger partial charge in [0.05, 0.1) is 6.04 Å². The molecule has 1 N–H and O–H groups in total. The topological polar surface area (TPSA) is 32.3 Å². The fraction of sp³-hybridized carbons (Fsp3) is 0.562. The summed E-state index contributed by atoms with van der Waals surface area (Å²) in [6, 6.07) is 6.99. The number of benzene rings is 1. The van der Waals surface area contributed by atoms with Gasteiger partial charge in [-0.15, -0.1) is 0 Å². The Labute approximate surface area is 119 Å². The van der Waals surface area contributed by atoms with E-state index in [1.807, 2.05) is 11.0 Å². The zero-order valence-electron chi connectivity index (χ0n) is 11.6. The Morgan fingerprint density at radius 3 is 2.75 bits per heavy atom. The largest absolute Gasteiger partial charge is 0.335 e. The molecule has 1 aromatic carbocycles. The average Bonchev–Trinajstić information content (AvgIpc) is 3.09. The molecule has 1 aromatic rings. The van der Waals surface area contributed by atoms with Gasteiger partial charge in [0.15, 0.2) is 0 Å². The lowest BCUT2D eigenvalue weighted by molar-refractivity contribution is 0.189. The molecule has 4 heteroatoms. The van der Waals surface area contributed by atoms with Crippen LogP contribution in [0.2, 0.25) is 0 Å². The molecule has 1 aliphatic heterocycles. The van der Waals surface area contributed by atoms with Crippen molar-refractivity contribution in [2.45, 2.75) is 50.6 Å². The number of carbonyl (C=O) groups excluding carboxylic acids is 1. The Morgan fingerprint density at radius 1 is 1.20 bits per heavy atom. The van der Waals surface area contributed by atoms with Crippen molar-refractivity contribution in [2.24, 2.45) is 0 Å². The molecule has 1 aliphatic carbocycles. The number of nitrogens with zero attached hydrogens (tertiary/aromatic N) is 1. The van der Waals surface area contributed by atoms with Crippen molar-refractivity contribution in [3.05, 3.63) is 35.6 Å². The van der Waals surface area contributed by atoms with Gasteiger partial charge in [0.1, 0.15) is 5.82 Å². The van der Waals surface area contributed by atoms with Crippen LogP contribution in [0, 0.1) is 5.82 Å². The third-order valence-corrected chi connectivity index (χ3v) is 4.43. The lowest BCUT2D eigenvalue weighted by Crippen LogP contribution is -2.43. The van der Waals surface area contributed by atoms with E-state index in [4.69, 9.17) is 0 Å². The first-order chi connectivity index (χ1) is 9.74. The summed E-state index contributed by atoms with van der Waals surface area (Å²) in [5.41, 5.74) is 0.907. The summed E-state index contributed by atoms with van der Waals surface area (Å²) in [6.45, 7) is 0.764. The van der Waals surface area contributed by atoms with Crippen LogP contribution in [0.4, 0.5) is 9.18 Å². The SMILES string of the molecule is O=C(NC1CCCC1)N1CCC[C@H]1c1cccc(F)c1. The maximum Gasteiger partial charge on any atom is 0.318 e. The van der Waals surface area contributed by atoms with E-state index in [1.165, 1.54) is 18.9 Å². The highest BCUT2D eigenvalue weighted by molar-refractivity contribution is 5.75. The third kappa shape index (κ3) is 2.79. The number of halogens is 1. The van der Waals surface area contributed by atoms with Crippen molar-refractivity contribution in [3.63, 3.8) is 0 Å². The van der Waals surface area contributed by atoms with Crippen LogP contribution in [0.15, 0.2) is 24.3 Å². The van der Waals surface area contributed by atoms with Crippen molar-refractivity contribution in [1.82, 2.24) is 10.2 Å².